The number of hydrogen-bond acceptors (Lipinski definition) is 4. The summed E-state index contributed by atoms with van der Waals surface area (Å²) in [5.74, 6) is 0.0645. The molecule has 1 atom stereocenters. The molecule has 2 N–H and O–H groups in total. The Balaban J connectivity index is 1.37. The van der Waals surface area contributed by atoms with E-state index in [0.29, 0.717) is 5.82 Å². The van der Waals surface area contributed by atoms with Gasteiger partial charge in [-0.3, -0.25) is 4.79 Å². The lowest BCUT2D eigenvalue weighted by atomic mass is 9.74. The fraction of sp³-hybridized carbons (Fsp3) is 0.321. The number of benzene rings is 2. The van der Waals surface area contributed by atoms with Gasteiger partial charge in [-0.25, -0.2) is 9.67 Å². The Morgan fingerprint density at radius 2 is 1.79 bits per heavy atom. The van der Waals surface area contributed by atoms with Crippen LogP contribution < -0.4 is 5.73 Å². The molecule has 2 heterocycles. The van der Waals surface area contributed by atoms with E-state index in [1.165, 1.54) is 42.6 Å². The summed E-state index contributed by atoms with van der Waals surface area (Å²) in [4.78, 5) is 18.2. The minimum absolute atomic E-state index is 0.0412. The zero-order valence-corrected chi connectivity index (χ0v) is 19.7. The quantitative estimate of drug-likeness (QED) is 0.577. The van der Waals surface area contributed by atoms with Crippen LogP contribution in [0.25, 0.3) is 11.3 Å². The Morgan fingerprint density at radius 3 is 2.41 bits per heavy atom. The van der Waals surface area contributed by atoms with Gasteiger partial charge in [0, 0.05) is 12.0 Å². The van der Waals surface area contributed by atoms with E-state index in [1.54, 1.807) is 4.68 Å². The fourth-order valence-electron chi connectivity index (χ4n) is 5.15. The minimum atomic E-state index is -0.616. The van der Waals surface area contributed by atoms with E-state index in [4.69, 9.17) is 5.73 Å². The number of carbonyl (C=O) groups is 1. The third-order valence-corrected chi connectivity index (χ3v) is 6.92. The summed E-state index contributed by atoms with van der Waals surface area (Å²) in [6.07, 6.45) is 11.8. The van der Waals surface area contributed by atoms with E-state index in [-0.39, 0.29) is 11.2 Å². The minimum Gasteiger partial charge on any atom is -0.363 e. The summed E-state index contributed by atoms with van der Waals surface area (Å²) in [6, 6.07) is 19.0. The van der Waals surface area contributed by atoms with Crippen LogP contribution in [0, 0.1) is 12.3 Å². The molecule has 3 aromatic rings. The van der Waals surface area contributed by atoms with Gasteiger partial charge in [-0.15, -0.1) is 5.10 Å². The summed E-state index contributed by atoms with van der Waals surface area (Å²) in [7, 11) is 0. The second-order valence-electron chi connectivity index (χ2n) is 9.51. The van der Waals surface area contributed by atoms with Crippen LogP contribution in [0.3, 0.4) is 0 Å². The van der Waals surface area contributed by atoms with Crippen molar-refractivity contribution in [2.24, 2.45) is 11.1 Å². The smallest absolute Gasteiger partial charge is 0.288 e. The highest BCUT2D eigenvalue weighted by molar-refractivity contribution is 5.88. The van der Waals surface area contributed by atoms with Crippen molar-refractivity contribution in [3.63, 3.8) is 0 Å². The van der Waals surface area contributed by atoms with Crippen LogP contribution in [0.4, 0.5) is 0 Å². The van der Waals surface area contributed by atoms with Crippen LogP contribution in [0.5, 0.6) is 0 Å². The first-order valence-corrected chi connectivity index (χ1v) is 12.0. The van der Waals surface area contributed by atoms with E-state index < -0.39 is 5.91 Å². The largest absolute Gasteiger partial charge is 0.363 e. The first-order chi connectivity index (χ1) is 16.5. The number of likely N-dealkylation sites (tertiary alicyclic amines) is 1. The molecule has 0 spiro atoms. The van der Waals surface area contributed by atoms with Gasteiger partial charge in [0.05, 0.1) is 5.69 Å². The van der Waals surface area contributed by atoms with Crippen molar-refractivity contribution in [2.75, 3.05) is 19.6 Å². The molecule has 1 aliphatic heterocycles. The second-order valence-corrected chi connectivity index (χ2v) is 9.51. The summed E-state index contributed by atoms with van der Waals surface area (Å²) in [5, 5.41) is 4.25. The van der Waals surface area contributed by atoms with Crippen molar-refractivity contribution in [1.29, 1.82) is 0 Å². The van der Waals surface area contributed by atoms with E-state index in [9.17, 15) is 4.79 Å². The normalized spacial score (nSPS) is 20.4. The Kier molecular flexibility index (Phi) is 6.16. The molecule has 34 heavy (non-hydrogen) atoms. The van der Waals surface area contributed by atoms with Gasteiger partial charge in [-0.1, -0.05) is 60.7 Å². The summed E-state index contributed by atoms with van der Waals surface area (Å²) in [6.45, 7) is 5.28. The molecule has 1 aliphatic carbocycles. The molecule has 1 saturated heterocycles. The third-order valence-electron chi connectivity index (χ3n) is 6.92. The number of allylic oxidation sites excluding steroid dienone is 3. The van der Waals surface area contributed by atoms with E-state index in [0.717, 1.165) is 25.1 Å². The van der Waals surface area contributed by atoms with E-state index in [1.807, 2.05) is 19.1 Å². The van der Waals surface area contributed by atoms with Crippen molar-refractivity contribution in [1.82, 2.24) is 19.7 Å². The van der Waals surface area contributed by atoms with Crippen LogP contribution in [0.15, 0.2) is 72.8 Å². The first kappa shape index (κ1) is 22.3. The zero-order chi connectivity index (χ0) is 23.5. The third kappa shape index (κ3) is 4.73. The second kappa shape index (κ2) is 9.39. The van der Waals surface area contributed by atoms with Crippen molar-refractivity contribution in [3.8, 4) is 5.69 Å². The Morgan fingerprint density at radius 1 is 1.06 bits per heavy atom. The van der Waals surface area contributed by atoms with Crippen LogP contribution in [-0.2, 0) is 6.42 Å². The molecule has 2 aliphatic rings. The van der Waals surface area contributed by atoms with Gasteiger partial charge in [0.2, 0.25) is 5.82 Å². The predicted octanol–water partition coefficient (Wildman–Crippen LogP) is 4.34. The molecule has 1 aromatic heterocycles. The molecular formula is C28H31N5O. The molecule has 2 aromatic carbocycles. The summed E-state index contributed by atoms with van der Waals surface area (Å²) in [5.41, 5.74) is 10.2. The number of amides is 1. The highest BCUT2D eigenvalue weighted by Gasteiger charge is 2.32. The number of nitrogens with zero attached hydrogens (tertiary/aromatic N) is 4. The van der Waals surface area contributed by atoms with E-state index >= 15 is 0 Å². The molecule has 0 saturated carbocycles. The van der Waals surface area contributed by atoms with Gasteiger partial charge >= 0.3 is 0 Å². The van der Waals surface area contributed by atoms with Gasteiger partial charge in [-0.2, -0.15) is 0 Å². The molecule has 6 nitrogen and oxygen atoms in total. The number of rotatable bonds is 7. The molecule has 0 bridgehead atoms. The number of hydrogen-bond donors (Lipinski definition) is 1. The molecule has 1 amide bonds. The Bertz CT molecular complexity index is 1220. The predicted molar refractivity (Wildman–Crippen MR) is 135 cm³/mol. The summed E-state index contributed by atoms with van der Waals surface area (Å²) < 4.78 is 1.67. The van der Waals surface area contributed by atoms with Crippen molar-refractivity contribution in [3.05, 3.63) is 95.6 Å². The Labute approximate surface area is 200 Å². The SMILES string of the molecule is Cc1nc(C(N)=O)nn1-c1ccc(CC2(CN3CCCC3)C=CC(c3ccccc3)=CC2)cc1. The van der Waals surface area contributed by atoms with Crippen LogP contribution in [0.2, 0.25) is 0 Å². The maximum Gasteiger partial charge on any atom is 0.288 e. The van der Waals surface area contributed by atoms with Crippen molar-refractivity contribution >= 4 is 11.5 Å². The Hall–Kier alpha value is -3.51. The van der Waals surface area contributed by atoms with Crippen LogP contribution in [-0.4, -0.2) is 45.2 Å². The van der Waals surface area contributed by atoms with Gasteiger partial charge in [-0.05, 0) is 74.5 Å². The topological polar surface area (TPSA) is 77.0 Å². The van der Waals surface area contributed by atoms with E-state index in [2.05, 4.69) is 75.7 Å². The molecule has 6 heteroatoms. The standard InChI is InChI=1S/C28H31N5O/c1-21-30-27(26(29)34)31-33(21)25-11-9-22(10-12-25)19-28(20-32-17-5-6-18-32)15-13-24(14-16-28)23-7-3-2-4-8-23/h2-4,7-15H,5-6,16-20H2,1H3,(H2,29,34). The lowest BCUT2D eigenvalue weighted by Gasteiger charge is -2.36. The van der Waals surface area contributed by atoms with Gasteiger partial charge in [0.15, 0.2) is 0 Å². The number of carbonyl (C=O) groups excluding carboxylic acids is 1. The lowest BCUT2D eigenvalue weighted by Crippen LogP contribution is -2.37. The van der Waals surface area contributed by atoms with Crippen molar-refractivity contribution < 1.29 is 4.79 Å². The molecule has 1 unspecified atom stereocenters. The molecule has 5 rings (SSSR count). The average Bonchev–Trinajstić information content (AvgIpc) is 3.50. The highest BCUT2D eigenvalue weighted by Crippen LogP contribution is 2.38. The molecular weight excluding hydrogens is 422 g/mol. The van der Waals surface area contributed by atoms with Crippen LogP contribution >= 0.6 is 0 Å². The molecule has 0 radical (unpaired) electrons. The number of aryl methyl sites for hydroxylation is 1. The highest BCUT2D eigenvalue weighted by atomic mass is 16.1. The number of primary amides is 1. The maximum absolute atomic E-state index is 11.4. The summed E-state index contributed by atoms with van der Waals surface area (Å²) >= 11 is 0. The lowest BCUT2D eigenvalue weighted by molar-refractivity contribution is 0.0990. The fourth-order valence-corrected chi connectivity index (χ4v) is 5.15. The van der Waals surface area contributed by atoms with Gasteiger partial charge in [0.25, 0.3) is 5.91 Å². The first-order valence-electron chi connectivity index (χ1n) is 12.0. The molecule has 1 fully saturated rings. The maximum atomic E-state index is 11.4. The molecule has 174 valence electrons. The van der Waals surface area contributed by atoms with Crippen LogP contribution in [0.1, 0.15) is 46.8 Å². The zero-order valence-electron chi connectivity index (χ0n) is 19.7. The monoisotopic (exact) mass is 453 g/mol. The van der Waals surface area contributed by atoms with Gasteiger partial charge < -0.3 is 10.6 Å². The number of aromatic nitrogens is 3. The van der Waals surface area contributed by atoms with Crippen molar-refractivity contribution in [2.45, 2.75) is 32.6 Å². The number of nitrogens with two attached hydrogens (primary N) is 1. The average molecular weight is 454 g/mol. The van der Waals surface area contributed by atoms with Gasteiger partial charge in [0.1, 0.15) is 5.82 Å².